The molecule has 0 atom stereocenters. The van der Waals surface area contributed by atoms with Crippen LogP contribution in [0.15, 0.2) is 158 Å². The second-order valence-corrected chi connectivity index (χ2v) is 10.6. The Morgan fingerprint density at radius 3 is 1.55 bits per heavy atom. The molecule has 8 aromatic carbocycles. The van der Waals surface area contributed by atoms with Crippen LogP contribution in [0.1, 0.15) is 0 Å². The first-order valence-electron chi connectivity index (χ1n) is 13.9. The van der Waals surface area contributed by atoms with Crippen molar-refractivity contribution in [3.05, 3.63) is 158 Å². The molecule has 0 aromatic heterocycles. The van der Waals surface area contributed by atoms with E-state index in [1.54, 1.807) is 0 Å². The molecule has 0 saturated carbocycles. The quantitative estimate of drug-likeness (QED) is 0.209. The summed E-state index contributed by atoms with van der Waals surface area (Å²) in [6.45, 7) is 0. The van der Waals surface area contributed by atoms with Crippen LogP contribution in [-0.4, -0.2) is 0 Å². The summed E-state index contributed by atoms with van der Waals surface area (Å²) in [5.41, 5.74) is 7.50. The maximum atomic E-state index is 2.38. The predicted octanol–water partition coefficient (Wildman–Crippen LogP) is 11.3. The van der Waals surface area contributed by atoms with E-state index in [0.29, 0.717) is 0 Å². The van der Waals surface area contributed by atoms with E-state index in [2.05, 4.69) is 158 Å². The summed E-state index contributed by atoms with van der Waals surface area (Å²) in [7, 11) is 0. The van der Waals surface area contributed by atoms with Crippen molar-refractivity contribution in [1.29, 1.82) is 0 Å². The van der Waals surface area contributed by atoms with E-state index >= 15 is 0 Å². The van der Waals surface area contributed by atoms with Crippen molar-refractivity contribution in [2.45, 2.75) is 0 Å². The molecule has 0 saturated heterocycles. The van der Waals surface area contributed by atoms with Crippen LogP contribution in [0.5, 0.6) is 0 Å². The summed E-state index contributed by atoms with van der Waals surface area (Å²) < 4.78 is 0. The molecular formula is C40H26. The molecule has 0 unspecified atom stereocenters. The summed E-state index contributed by atoms with van der Waals surface area (Å²) >= 11 is 0. The van der Waals surface area contributed by atoms with E-state index in [1.807, 2.05) is 0 Å². The third kappa shape index (κ3) is 3.77. The normalized spacial score (nSPS) is 11.5. The Balaban J connectivity index is 1.33. The monoisotopic (exact) mass is 506 g/mol. The third-order valence-corrected chi connectivity index (χ3v) is 8.20. The maximum absolute atomic E-state index is 2.38. The molecule has 0 heterocycles. The maximum Gasteiger partial charge on any atom is -0.00264 e. The molecule has 0 aliphatic heterocycles. The lowest BCUT2D eigenvalue weighted by atomic mass is 9.88. The lowest BCUT2D eigenvalue weighted by Gasteiger charge is -2.15. The summed E-state index contributed by atoms with van der Waals surface area (Å²) in [4.78, 5) is 0. The zero-order chi connectivity index (χ0) is 26.5. The van der Waals surface area contributed by atoms with Gasteiger partial charge in [0.1, 0.15) is 0 Å². The van der Waals surface area contributed by atoms with Crippen LogP contribution in [-0.2, 0) is 0 Å². The van der Waals surface area contributed by atoms with E-state index in [4.69, 9.17) is 0 Å². The smallest absolute Gasteiger partial charge is 0.00264 e. The van der Waals surface area contributed by atoms with Crippen LogP contribution in [0.4, 0.5) is 0 Å². The molecule has 0 fully saturated rings. The standard InChI is InChI=1S/C40H26/c1-3-11-29-23-32(21-19-27(29)9-1)31-13-7-14-33(25-31)39-26-35-15-8-18-36(40(35)38-17-6-5-16-37(38)39)34-22-20-28-10-2-4-12-30(28)24-34/h1-26H. The van der Waals surface area contributed by atoms with Gasteiger partial charge in [-0.1, -0.05) is 133 Å². The van der Waals surface area contributed by atoms with Gasteiger partial charge >= 0.3 is 0 Å². The molecule has 0 heteroatoms. The average molecular weight is 507 g/mol. The molecule has 8 aromatic rings. The zero-order valence-corrected chi connectivity index (χ0v) is 22.0. The molecule has 40 heavy (non-hydrogen) atoms. The minimum absolute atomic E-state index is 1.23. The Morgan fingerprint density at radius 2 is 0.775 bits per heavy atom. The molecule has 0 N–H and O–H groups in total. The first-order chi connectivity index (χ1) is 19.8. The van der Waals surface area contributed by atoms with Crippen molar-refractivity contribution in [2.24, 2.45) is 0 Å². The van der Waals surface area contributed by atoms with Gasteiger partial charge in [-0.05, 0) is 101 Å². The third-order valence-electron chi connectivity index (χ3n) is 8.20. The fourth-order valence-electron chi connectivity index (χ4n) is 6.23. The molecule has 0 amide bonds. The van der Waals surface area contributed by atoms with Crippen LogP contribution >= 0.6 is 0 Å². The van der Waals surface area contributed by atoms with Gasteiger partial charge in [0, 0.05) is 0 Å². The number of hydrogen-bond donors (Lipinski definition) is 0. The summed E-state index contributed by atoms with van der Waals surface area (Å²) in [5, 5.41) is 10.2. The molecule has 0 radical (unpaired) electrons. The fourth-order valence-corrected chi connectivity index (χ4v) is 6.23. The lowest BCUT2D eigenvalue weighted by Crippen LogP contribution is -1.89. The largest absolute Gasteiger partial charge is 0.0616 e. The average Bonchev–Trinajstić information content (AvgIpc) is 3.03. The Bertz CT molecular complexity index is 2220. The highest BCUT2D eigenvalue weighted by Crippen LogP contribution is 2.41. The highest BCUT2D eigenvalue weighted by Gasteiger charge is 2.13. The van der Waals surface area contributed by atoms with Gasteiger partial charge in [-0.25, -0.2) is 0 Å². The van der Waals surface area contributed by atoms with Crippen LogP contribution in [0.2, 0.25) is 0 Å². The minimum atomic E-state index is 1.23. The molecule has 186 valence electrons. The first-order valence-corrected chi connectivity index (χ1v) is 13.9. The topological polar surface area (TPSA) is 0 Å². The van der Waals surface area contributed by atoms with E-state index in [1.165, 1.54) is 76.5 Å². The highest BCUT2D eigenvalue weighted by atomic mass is 14.2. The van der Waals surface area contributed by atoms with Crippen molar-refractivity contribution < 1.29 is 0 Å². The lowest BCUT2D eigenvalue weighted by molar-refractivity contribution is 1.62. The van der Waals surface area contributed by atoms with E-state index < -0.39 is 0 Å². The number of benzene rings is 8. The van der Waals surface area contributed by atoms with Gasteiger partial charge in [0.05, 0.1) is 0 Å². The Labute approximate surface area is 233 Å². The molecule has 0 aliphatic rings. The second-order valence-electron chi connectivity index (χ2n) is 10.6. The van der Waals surface area contributed by atoms with Crippen molar-refractivity contribution in [3.8, 4) is 33.4 Å². The van der Waals surface area contributed by atoms with Crippen LogP contribution in [0.25, 0.3) is 76.5 Å². The van der Waals surface area contributed by atoms with Gasteiger partial charge in [-0.15, -0.1) is 0 Å². The Morgan fingerprint density at radius 1 is 0.250 bits per heavy atom. The van der Waals surface area contributed by atoms with Gasteiger partial charge in [0.2, 0.25) is 0 Å². The van der Waals surface area contributed by atoms with Gasteiger partial charge in [-0.3, -0.25) is 0 Å². The van der Waals surface area contributed by atoms with Gasteiger partial charge < -0.3 is 0 Å². The van der Waals surface area contributed by atoms with Crippen LogP contribution in [0.3, 0.4) is 0 Å². The molecule has 8 rings (SSSR count). The van der Waals surface area contributed by atoms with E-state index in [9.17, 15) is 0 Å². The summed E-state index contributed by atoms with van der Waals surface area (Å²) in [6.07, 6.45) is 0. The zero-order valence-electron chi connectivity index (χ0n) is 22.0. The second kappa shape index (κ2) is 9.22. The van der Waals surface area contributed by atoms with Crippen molar-refractivity contribution in [2.75, 3.05) is 0 Å². The minimum Gasteiger partial charge on any atom is -0.0616 e. The molecule has 0 nitrogen and oxygen atoms in total. The van der Waals surface area contributed by atoms with E-state index in [-0.39, 0.29) is 0 Å². The summed E-state index contributed by atoms with van der Waals surface area (Å²) in [5.74, 6) is 0. The van der Waals surface area contributed by atoms with E-state index in [0.717, 1.165) is 0 Å². The number of fused-ring (bicyclic) bond motifs is 5. The van der Waals surface area contributed by atoms with Crippen LogP contribution in [0, 0.1) is 0 Å². The SMILES string of the molecule is c1cc(-c2ccc3ccccc3c2)cc(-c2cc3cccc(-c4ccc5ccccc5c4)c3c3ccccc23)c1. The fraction of sp³-hybridized carbons (Fsp3) is 0. The molecule has 0 aliphatic carbocycles. The van der Waals surface area contributed by atoms with Crippen molar-refractivity contribution >= 4 is 43.1 Å². The Hall–Kier alpha value is -5.20. The highest BCUT2D eigenvalue weighted by molar-refractivity contribution is 6.19. The Kier molecular flexibility index (Phi) is 5.24. The first kappa shape index (κ1) is 22.8. The van der Waals surface area contributed by atoms with Crippen molar-refractivity contribution in [3.63, 3.8) is 0 Å². The van der Waals surface area contributed by atoms with Gasteiger partial charge in [0.25, 0.3) is 0 Å². The molecular weight excluding hydrogens is 480 g/mol. The van der Waals surface area contributed by atoms with Gasteiger partial charge in [-0.2, -0.15) is 0 Å². The molecule has 0 spiro atoms. The van der Waals surface area contributed by atoms with Gasteiger partial charge in [0.15, 0.2) is 0 Å². The molecule has 0 bridgehead atoms. The number of rotatable bonds is 3. The van der Waals surface area contributed by atoms with Crippen LogP contribution < -0.4 is 0 Å². The number of hydrogen-bond acceptors (Lipinski definition) is 0. The predicted molar refractivity (Wildman–Crippen MR) is 173 cm³/mol. The summed E-state index contributed by atoms with van der Waals surface area (Å²) in [6, 6.07) is 57.6. The van der Waals surface area contributed by atoms with Crippen molar-refractivity contribution in [1.82, 2.24) is 0 Å².